The van der Waals surface area contributed by atoms with Crippen molar-refractivity contribution in [2.45, 2.75) is 53.1 Å². The van der Waals surface area contributed by atoms with Crippen LogP contribution in [0, 0.1) is 6.92 Å². The van der Waals surface area contributed by atoms with Gasteiger partial charge in [0.15, 0.2) is 0 Å². The van der Waals surface area contributed by atoms with E-state index in [1.807, 2.05) is 0 Å². The van der Waals surface area contributed by atoms with Gasteiger partial charge in [-0.1, -0.05) is 31.5 Å². The maximum absolute atomic E-state index is 5.58. The van der Waals surface area contributed by atoms with Crippen molar-refractivity contribution in [1.82, 2.24) is 10.2 Å². The molecule has 1 aromatic carbocycles. The molecule has 0 aliphatic rings. The van der Waals surface area contributed by atoms with E-state index in [4.69, 9.17) is 4.74 Å². The number of nitrogens with one attached hydrogen (secondary N) is 1. The van der Waals surface area contributed by atoms with Gasteiger partial charge in [0.05, 0.1) is 7.11 Å². The molecule has 3 nitrogen and oxygen atoms in total. The van der Waals surface area contributed by atoms with E-state index in [0.29, 0.717) is 12.1 Å². The van der Waals surface area contributed by atoms with Crippen LogP contribution in [0.4, 0.5) is 0 Å². The molecule has 120 valence electrons. The summed E-state index contributed by atoms with van der Waals surface area (Å²) in [4.78, 5) is 2.50. The van der Waals surface area contributed by atoms with Gasteiger partial charge in [-0.15, -0.1) is 0 Å². The maximum Gasteiger partial charge on any atom is 0.123 e. The fraction of sp³-hybridized carbons (Fsp3) is 0.667. The Hall–Kier alpha value is -1.06. The van der Waals surface area contributed by atoms with Gasteiger partial charge in [0.1, 0.15) is 5.75 Å². The zero-order valence-corrected chi connectivity index (χ0v) is 14.6. The van der Waals surface area contributed by atoms with Crippen LogP contribution < -0.4 is 10.1 Å². The Kier molecular flexibility index (Phi) is 7.76. The summed E-state index contributed by atoms with van der Waals surface area (Å²) in [7, 11) is 1.76. The highest BCUT2D eigenvalue weighted by atomic mass is 16.5. The van der Waals surface area contributed by atoms with Gasteiger partial charge in [0, 0.05) is 24.2 Å². The Labute approximate surface area is 130 Å². The van der Waals surface area contributed by atoms with Gasteiger partial charge in [-0.25, -0.2) is 0 Å². The third-order valence-electron chi connectivity index (χ3n) is 3.95. The Balaban J connectivity index is 3.03. The normalized spacial score (nSPS) is 13.0. The molecule has 0 bridgehead atoms. The minimum atomic E-state index is 0.308. The minimum absolute atomic E-state index is 0.308. The first-order valence-corrected chi connectivity index (χ1v) is 8.15. The zero-order chi connectivity index (χ0) is 15.8. The van der Waals surface area contributed by atoms with Crippen molar-refractivity contribution in [3.05, 3.63) is 29.3 Å². The van der Waals surface area contributed by atoms with E-state index >= 15 is 0 Å². The van der Waals surface area contributed by atoms with Gasteiger partial charge in [-0.05, 0) is 46.3 Å². The van der Waals surface area contributed by atoms with Gasteiger partial charge in [0.25, 0.3) is 0 Å². The summed E-state index contributed by atoms with van der Waals surface area (Å²) in [6.45, 7) is 14.2. The second-order valence-corrected chi connectivity index (χ2v) is 5.93. The summed E-state index contributed by atoms with van der Waals surface area (Å²) in [6.07, 6.45) is 1.14. The molecule has 0 saturated heterocycles. The van der Waals surface area contributed by atoms with Crippen LogP contribution in [0.5, 0.6) is 5.75 Å². The topological polar surface area (TPSA) is 24.5 Å². The predicted molar refractivity (Wildman–Crippen MR) is 91.1 cm³/mol. The van der Waals surface area contributed by atoms with E-state index in [1.165, 1.54) is 11.1 Å². The summed E-state index contributed by atoms with van der Waals surface area (Å²) in [6, 6.07) is 7.30. The van der Waals surface area contributed by atoms with Crippen LogP contribution in [0.15, 0.2) is 18.2 Å². The molecular weight excluding hydrogens is 260 g/mol. The number of methoxy groups -OCH3 is 1. The van der Waals surface area contributed by atoms with Crippen LogP contribution in [-0.2, 0) is 0 Å². The van der Waals surface area contributed by atoms with Crippen LogP contribution in [0.25, 0.3) is 0 Å². The summed E-state index contributed by atoms with van der Waals surface area (Å²) >= 11 is 0. The zero-order valence-electron chi connectivity index (χ0n) is 14.6. The molecule has 0 radical (unpaired) electrons. The van der Waals surface area contributed by atoms with Crippen molar-refractivity contribution < 1.29 is 4.74 Å². The fourth-order valence-electron chi connectivity index (χ4n) is 2.66. The smallest absolute Gasteiger partial charge is 0.123 e. The Morgan fingerprint density at radius 1 is 1.24 bits per heavy atom. The average molecular weight is 292 g/mol. The SMILES string of the molecule is CCCNC(CN(CC)C(C)C)c1cc(C)ccc1OC. The van der Waals surface area contributed by atoms with Crippen molar-refractivity contribution in [3.8, 4) is 5.75 Å². The van der Waals surface area contributed by atoms with Crippen molar-refractivity contribution in [2.24, 2.45) is 0 Å². The highest BCUT2D eigenvalue weighted by Gasteiger charge is 2.20. The van der Waals surface area contributed by atoms with Crippen LogP contribution in [0.3, 0.4) is 0 Å². The Morgan fingerprint density at radius 2 is 1.95 bits per heavy atom. The maximum atomic E-state index is 5.58. The molecule has 0 aromatic heterocycles. The lowest BCUT2D eigenvalue weighted by molar-refractivity contribution is 0.206. The first kappa shape index (κ1) is 18.0. The molecule has 1 atom stereocenters. The number of benzene rings is 1. The molecule has 0 saturated carbocycles. The lowest BCUT2D eigenvalue weighted by Gasteiger charge is -2.31. The number of nitrogens with zero attached hydrogens (tertiary/aromatic N) is 1. The van der Waals surface area contributed by atoms with Crippen LogP contribution in [0.1, 0.15) is 51.3 Å². The molecular formula is C18H32N2O. The number of ether oxygens (including phenoxy) is 1. The van der Waals surface area contributed by atoms with Gasteiger partial charge >= 0.3 is 0 Å². The summed E-state index contributed by atoms with van der Waals surface area (Å²) in [5.74, 6) is 0.981. The highest BCUT2D eigenvalue weighted by Crippen LogP contribution is 2.27. The molecule has 3 heteroatoms. The van der Waals surface area contributed by atoms with Crippen molar-refractivity contribution in [2.75, 3.05) is 26.7 Å². The third-order valence-corrected chi connectivity index (χ3v) is 3.95. The summed E-state index contributed by atoms with van der Waals surface area (Å²) < 4.78 is 5.58. The third kappa shape index (κ3) is 5.33. The van der Waals surface area contributed by atoms with E-state index < -0.39 is 0 Å². The molecule has 1 unspecified atom stereocenters. The van der Waals surface area contributed by atoms with Gasteiger partial charge in [-0.2, -0.15) is 0 Å². The lowest BCUT2D eigenvalue weighted by atomic mass is 10.0. The number of rotatable bonds is 9. The quantitative estimate of drug-likeness (QED) is 0.750. The van der Waals surface area contributed by atoms with Crippen molar-refractivity contribution in [3.63, 3.8) is 0 Å². The fourth-order valence-corrected chi connectivity index (χ4v) is 2.66. The predicted octanol–water partition coefficient (Wildman–Crippen LogP) is 3.77. The second kappa shape index (κ2) is 9.06. The van der Waals surface area contributed by atoms with Crippen LogP contribution in [-0.4, -0.2) is 37.7 Å². The molecule has 0 aliphatic carbocycles. The first-order valence-electron chi connectivity index (χ1n) is 8.15. The van der Waals surface area contributed by atoms with Crippen LogP contribution in [0.2, 0.25) is 0 Å². The summed E-state index contributed by atoms with van der Waals surface area (Å²) in [5.41, 5.74) is 2.55. The van der Waals surface area contributed by atoms with Crippen molar-refractivity contribution in [1.29, 1.82) is 0 Å². The number of likely N-dealkylation sites (N-methyl/N-ethyl adjacent to an activating group) is 1. The number of aryl methyl sites for hydroxylation is 1. The molecule has 0 aliphatic heterocycles. The Bertz CT molecular complexity index is 418. The van der Waals surface area contributed by atoms with E-state index in [2.05, 4.69) is 63.0 Å². The number of hydrogen-bond acceptors (Lipinski definition) is 3. The first-order chi connectivity index (χ1) is 10.0. The average Bonchev–Trinajstić information content (AvgIpc) is 2.47. The molecule has 1 rings (SSSR count). The van der Waals surface area contributed by atoms with E-state index in [9.17, 15) is 0 Å². The van der Waals surface area contributed by atoms with Gasteiger partial charge in [0.2, 0.25) is 0 Å². The monoisotopic (exact) mass is 292 g/mol. The molecule has 0 spiro atoms. The van der Waals surface area contributed by atoms with E-state index in [-0.39, 0.29) is 0 Å². The van der Waals surface area contributed by atoms with E-state index in [0.717, 1.165) is 31.8 Å². The van der Waals surface area contributed by atoms with Gasteiger partial charge < -0.3 is 10.1 Å². The number of hydrogen-bond donors (Lipinski definition) is 1. The molecule has 1 aromatic rings. The molecule has 0 amide bonds. The summed E-state index contributed by atoms with van der Waals surface area (Å²) in [5, 5.41) is 3.69. The molecule has 1 N–H and O–H groups in total. The van der Waals surface area contributed by atoms with Crippen molar-refractivity contribution >= 4 is 0 Å². The van der Waals surface area contributed by atoms with Gasteiger partial charge in [-0.3, -0.25) is 4.90 Å². The Morgan fingerprint density at radius 3 is 2.48 bits per heavy atom. The highest BCUT2D eigenvalue weighted by molar-refractivity contribution is 5.39. The lowest BCUT2D eigenvalue weighted by Crippen LogP contribution is -2.39. The molecule has 0 fully saturated rings. The standard InChI is InChI=1S/C18H32N2O/c1-7-11-19-17(13-20(8-2)14(3)4)16-12-15(5)9-10-18(16)21-6/h9-10,12,14,17,19H,7-8,11,13H2,1-6H3. The molecule has 0 heterocycles. The molecule has 21 heavy (non-hydrogen) atoms. The second-order valence-electron chi connectivity index (χ2n) is 5.93. The van der Waals surface area contributed by atoms with E-state index in [1.54, 1.807) is 7.11 Å². The van der Waals surface area contributed by atoms with Crippen LogP contribution >= 0.6 is 0 Å². The largest absolute Gasteiger partial charge is 0.496 e. The minimum Gasteiger partial charge on any atom is -0.496 e.